The minimum absolute atomic E-state index is 0.0433. The molecule has 1 saturated heterocycles. The number of nitrogens with zero attached hydrogens (tertiary/aromatic N) is 1. The molecule has 3 aromatic rings. The third kappa shape index (κ3) is 2.26. The highest BCUT2D eigenvalue weighted by Crippen LogP contribution is 2.48. The molecule has 2 unspecified atom stereocenters. The van der Waals surface area contributed by atoms with E-state index < -0.39 is 5.92 Å². The summed E-state index contributed by atoms with van der Waals surface area (Å²) in [7, 11) is 1.51. The van der Waals surface area contributed by atoms with Crippen LogP contribution in [0.15, 0.2) is 41.4 Å². The maximum Gasteiger partial charge on any atom is 0.316 e. The van der Waals surface area contributed by atoms with Gasteiger partial charge in [-0.2, -0.15) is 0 Å². The van der Waals surface area contributed by atoms with E-state index in [4.69, 9.17) is 14.5 Å². The fraction of sp³-hybridized carbons (Fsp3) is 0.238. The van der Waals surface area contributed by atoms with Crippen molar-refractivity contribution in [2.45, 2.75) is 12.8 Å². The van der Waals surface area contributed by atoms with Gasteiger partial charge in [0, 0.05) is 22.6 Å². The molecule has 0 spiro atoms. The molecule has 27 heavy (non-hydrogen) atoms. The predicted molar refractivity (Wildman–Crippen MR) is 101 cm³/mol. The molecule has 2 N–H and O–H groups in total. The average molecular weight is 362 g/mol. The number of phenols is 1. The molecule has 2 aliphatic rings. The summed E-state index contributed by atoms with van der Waals surface area (Å²) in [6.45, 7) is 2.21. The van der Waals surface area contributed by atoms with Gasteiger partial charge in [0.15, 0.2) is 11.5 Å². The highest BCUT2D eigenvalue weighted by molar-refractivity contribution is 6.12. The lowest BCUT2D eigenvalue weighted by Gasteiger charge is -2.28. The van der Waals surface area contributed by atoms with Gasteiger partial charge in [-0.3, -0.25) is 9.79 Å². The largest absolute Gasteiger partial charge is 0.504 e. The Morgan fingerprint density at radius 2 is 2.07 bits per heavy atom. The number of aryl methyl sites for hydroxylation is 1. The Morgan fingerprint density at radius 3 is 2.85 bits per heavy atom. The molecular weight excluding hydrogens is 344 g/mol. The number of fused-ring (bicyclic) bond motifs is 4. The first kappa shape index (κ1) is 15.9. The molecule has 6 heteroatoms. The van der Waals surface area contributed by atoms with Crippen LogP contribution in [-0.4, -0.2) is 35.5 Å². The monoisotopic (exact) mass is 362 g/mol. The van der Waals surface area contributed by atoms with Crippen LogP contribution in [0.3, 0.4) is 0 Å². The second-order valence-electron chi connectivity index (χ2n) is 7.01. The number of cyclic esters (lactones) is 1. The van der Waals surface area contributed by atoms with Crippen molar-refractivity contribution in [3.05, 3.63) is 53.2 Å². The number of ether oxygens (including phenoxy) is 2. The number of aromatic amines is 1. The minimum Gasteiger partial charge on any atom is -0.504 e. The number of esters is 1. The van der Waals surface area contributed by atoms with Crippen molar-refractivity contribution in [3.63, 3.8) is 0 Å². The van der Waals surface area contributed by atoms with E-state index in [-0.39, 0.29) is 24.2 Å². The normalized spacial score (nSPS) is 20.8. The van der Waals surface area contributed by atoms with Crippen LogP contribution < -0.4 is 4.74 Å². The van der Waals surface area contributed by atoms with E-state index in [1.165, 1.54) is 7.11 Å². The van der Waals surface area contributed by atoms with E-state index >= 15 is 0 Å². The van der Waals surface area contributed by atoms with Crippen LogP contribution >= 0.6 is 0 Å². The van der Waals surface area contributed by atoms with Gasteiger partial charge in [-0.1, -0.05) is 12.1 Å². The highest BCUT2D eigenvalue weighted by Gasteiger charge is 2.45. The lowest BCUT2D eigenvalue weighted by molar-refractivity contribution is -0.141. The number of phenolic OH excluding ortho intramolecular Hbond substituents is 1. The fourth-order valence-corrected chi connectivity index (χ4v) is 4.24. The number of hydrogen-bond acceptors (Lipinski definition) is 5. The van der Waals surface area contributed by atoms with Gasteiger partial charge in [0.2, 0.25) is 0 Å². The maximum atomic E-state index is 12.6. The van der Waals surface area contributed by atoms with Gasteiger partial charge < -0.3 is 19.6 Å². The van der Waals surface area contributed by atoms with Crippen molar-refractivity contribution in [2.24, 2.45) is 10.9 Å². The van der Waals surface area contributed by atoms with E-state index in [2.05, 4.69) is 11.1 Å². The SMILES string of the molecule is COc1ccc(C2c3c(ccc4cc(C)[nH]c34)N=C3COC(=O)C32)cc1O. The molecule has 0 radical (unpaired) electrons. The number of aromatic nitrogens is 1. The molecule has 136 valence electrons. The fourth-order valence-electron chi connectivity index (χ4n) is 4.24. The summed E-state index contributed by atoms with van der Waals surface area (Å²) in [5.41, 5.74) is 5.35. The first-order chi connectivity index (χ1) is 13.1. The smallest absolute Gasteiger partial charge is 0.316 e. The maximum absolute atomic E-state index is 12.6. The summed E-state index contributed by atoms with van der Waals surface area (Å²) in [4.78, 5) is 20.7. The van der Waals surface area contributed by atoms with Crippen LogP contribution in [0.5, 0.6) is 11.5 Å². The topological polar surface area (TPSA) is 83.9 Å². The molecule has 6 nitrogen and oxygen atoms in total. The van der Waals surface area contributed by atoms with E-state index in [0.717, 1.165) is 39.1 Å². The van der Waals surface area contributed by atoms with Crippen molar-refractivity contribution in [1.82, 2.24) is 4.98 Å². The Bertz CT molecular complexity index is 1130. The molecule has 5 rings (SSSR count). The first-order valence-corrected chi connectivity index (χ1v) is 8.80. The molecule has 0 saturated carbocycles. The molecule has 2 aromatic carbocycles. The van der Waals surface area contributed by atoms with E-state index in [1.54, 1.807) is 12.1 Å². The Morgan fingerprint density at radius 1 is 1.22 bits per heavy atom. The van der Waals surface area contributed by atoms with E-state index in [0.29, 0.717) is 5.75 Å². The number of H-pyrrole nitrogens is 1. The van der Waals surface area contributed by atoms with Crippen LogP contribution in [-0.2, 0) is 9.53 Å². The number of aromatic hydroxyl groups is 1. The number of benzene rings is 2. The molecule has 0 aliphatic carbocycles. The lowest BCUT2D eigenvalue weighted by Crippen LogP contribution is -2.28. The zero-order valence-electron chi connectivity index (χ0n) is 14.9. The Balaban J connectivity index is 1.80. The van der Waals surface area contributed by atoms with E-state index in [1.807, 2.05) is 25.1 Å². The second-order valence-corrected chi connectivity index (χ2v) is 7.01. The number of hydrogen-bond donors (Lipinski definition) is 2. The number of nitrogens with one attached hydrogen (secondary N) is 1. The summed E-state index contributed by atoms with van der Waals surface area (Å²) >= 11 is 0. The molecule has 3 heterocycles. The summed E-state index contributed by atoms with van der Waals surface area (Å²) in [6, 6.07) is 11.3. The van der Waals surface area contributed by atoms with Crippen LogP contribution in [0.1, 0.15) is 22.7 Å². The van der Waals surface area contributed by atoms with Crippen molar-refractivity contribution in [3.8, 4) is 11.5 Å². The molecule has 2 atom stereocenters. The third-order valence-electron chi connectivity index (χ3n) is 5.39. The standard InChI is InChI=1S/C21H18N2O4/c1-10-7-12-3-5-13-18(20(12)22-10)17(19-14(23-13)9-27-21(19)25)11-4-6-16(26-2)15(24)8-11/h3-8,17,19,22,24H,9H2,1-2H3. The summed E-state index contributed by atoms with van der Waals surface area (Å²) < 4.78 is 10.5. The number of methoxy groups -OCH3 is 1. The average Bonchev–Trinajstić information content (AvgIpc) is 3.22. The molecule has 0 bridgehead atoms. The van der Waals surface area contributed by atoms with Crippen LogP contribution in [0.25, 0.3) is 10.9 Å². The van der Waals surface area contributed by atoms with Crippen molar-refractivity contribution < 1.29 is 19.4 Å². The van der Waals surface area contributed by atoms with Gasteiger partial charge in [-0.25, -0.2) is 0 Å². The van der Waals surface area contributed by atoms with Crippen LogP contribution in [0.2, 0.25) is 0 Å². The zero-order chi connectivity index (χ0) is 18.7. The highest BCUT2D eigenvalue weighted by atomic mass is 16.5. The molecule has 2 aliphatic heterocycles. The predicted octanol–water partition coefficient (Wildman–Crippen LogP) is 3.58. The Hall–Kier alpha value is -3.28. The molecule has 0 amide bonds. The summed E-state index contributed by atoms with van der Waals surface area (Å²) in [5.74, 6) is -0.617. The zero-order valence-corrected chi connectivity index (χ0v) is 14.9. The van der Waals surface area contributed by atoms with E-state index in [9.17, 15) is 9.90 Å². The number of rotatable bonds is 2. The van der Waals surface area contributed by atoms with Crippen molar-refractivity contribution in [2.75, 3.05) is 13.7 Å². The van der Waals surface area contributed by atoms with Crippen molar-refractivity contribution >= 4 is 28.3 Å². The van der Waals surface area contributed by atoms with Crippen molar-refractivity contribution in [1.29, 1.82) is 0 Å². The van der Waals surface area contributed by atoms with Gasteiger partial charge >= 0.3 is 5.97 Å². The van der Waals surface area contributed by atoms with Gasteiger partial charge in [-0.15, -0.1) is 0 Å². The lowest BCUT2D eigenvalue weighted by atomic mass is 9.76. The second kappa shape index (κ2) is 5.61. The number of aliphatic imine (C=N–C) groups is 1. The number of carbonyl (C=O) groups is 1. The van der Waals surface area contributed by atoms with Gasteiger partial charge in [0.25, 0.3) is 0 Å². The van der Waals surface area contributed by atoms with Gasteiger partial charge in [0.1, 0.15) is 12.5 Å². The molecular formula is C21H18N2O4. The van der Waals surface area contributed by atoms with Crippen LogP contribution in [0, 0.1) is 12.8 Å². The van der Waals surface area contributed by atoms with Gasteiger partial charge in [0.05, 0.1) is 24.0 Å². The quantitative estimate of drug-likeness (QED) is 0.683. The van der Waals surface area contributed by atoms with Crippen LogP contribution in [0.4, 0.5) is 5.69 Å². The molecule has 1 fully saturated rings. The first-order valence-electron chi connectivity index (χ1n) is 8.80. The minimum atomic E-state index is -0.487. The molecule has 1 aromatic heterocycles. The summed E-state index contributed by atoms with van der Waals surface area (Å²) in [5, 5.41) is 11.4. The van der Waals surface area contributed by atoms with Gasteiger partial charge in [-0.05, 0) is 36.8 Å². The number of carbonyl (C=O) groups excluding carboxylic acids is 1. The summed E-state index contributed by atoms with van der Waals surface area (Å²) in [6.07, 6.45) is 0. The third-order valence-corrected chi connectivity index (χ3v) is 5.39. The Kier molecular flexibility index (Phi) is 3.31. The Labute approximate surface area is 155 Å².